The summed E-state index contributed by atoms with van der Waals surface area (Å²) < 4.78 is 18.5. The molecule has 5 nitrogen and oxygen atoms in total. The van der Waals surface area contributed by atoms with Crippen LogP contribution in [0.5, 0.6) is 0 Å². The predicted molar refractivity (Wildman–Crippen MR) is 93.5 cm³/mol. The van der Waals surface area contributed by atoms with Crippen molar-refractivity contribution in [3.05, 3.63) is 17.6 Å². The van der Waals surface area contributed by atoms with E-state index in [4.69, 9.17) is 10.5 Å². The topological polar surface area (TPSA) is 64.3 Å². The average Bonchev–Trinajstić information content (AvgIpc) is 2.45. The molecular weight excluding hydrogens is 342 g/mol. The molecule has 0 atom stereocenters. The molecule has 8 heteroatoms. The number of rotatable bonds is 4. The second-order valence-electron chi connectivity index (χ2n) is 6.09. The number of nitrogens with two attached hydrogens (primary N) is 1. The minimum Gasteiger partial charge on any atom is -0.377 e. The Hall–Kier alpha value is -0.690. The molecule has 0 unspecified atom stereocenters. The molecule has 1 aromatic heterocycles. The Morgan fingerprint density at radius 1 is 1.26 bits per heavy atom. The van der Waals surface area contributed by atoms with E-state index < -0.39 is 6.17 Å². The first-order chi connectivity index (χ1) is 10.2. The molecule has 2 heterocycles. The summed E-state index contributed by atoms with van der Waals surface area (Å²) in [6.45, 7) is 1.83. The molecule has 1 aliphatic heterocycles. The van der Waals surface area contributed by atoms with Crippen LogP contribution in [0.1, 0.15) is 43.1 Å². The van der Waals surface area contributed by atoms with Crippen molar-refractivity contribution >= 4 is 30.6 Å². The quantitative estimate of drug-likeness (QED) is 0.886. The van der Waals surface area contributed by atoms with E-state index in [0.29, 0.717) is 50.3 Å². The van der Waals surface area contributed by atoms with E-state index >= 15 is 0 Å². The lowest BCUT2D eigenvalue weighted by atomic mass is 9.78. The zero-order valence-electron chi connectivity index (χ0n) is 13.3. The first-order valence-electron chi connectivity index (χ1n) is 7.67. The van der Waals surface area contributed by atoms with Crippen LogP contribution in [0.15, 0.2) is 6.07 Å². The van der Waals surface area contributed by atoms with Crippen LogP contribution in [0.2, 0.25) is 0 Å². The Morgan fingerprint density at radius 2 is 1.91 bits per heavy atom. The van der Waals surface area contributed by atoms with E-state index in [1.54, 1.807) is 7.11 Å². The number of anilines is 1. The Balaban J connectivity index is 0.00000132. The van der Waals surface area contributed by atoms with E-state index in [1.807, 2.05) is 6.07 Å². The number of piperidine rings is 1. The smallest absolute Gasteiger partial charge is 0.156 e. The average molecular weight is 367 g/mol. The number of hydrogen-bond acceptors (Lipinski definition) is 5. The Bertz CT molecular complexity index is 494. The molecule has 1 saturated heterocycles. The molecule has 1 aromatic rings. The molecule has 0 radical (unpaired) electrons. The van der Waals surface area contributed by atoms with Gasteiger partial charge in [0.1, 0.15) is 18.6 Å². The highest BCUT2D eigenvalue weighted by atomic mass is 35.5. The third kappa shape index (κ3) is 4.89. The van der Waals surface area contributed by atoms with Crippen LogP contribution in [0.4, 0.5) is 10.2 Å². The van der Waals surface area contributed by atoms with Crippen molar-refractivity contribution < 1.29 is 9.13 Å². The van der Waals surface area contributed by atoms with Gasteiger partial charge in [-0.05, 0) is 25.7 Å². The number of methoxy groups -OCH3 is 1. The van der Waals surface area contributed by atoms with Gasteiger partial charge in [-0.25, -0.2) is 14.4 Å². The molecule has 2 fully saturated rings. The van der Waals surface area contributed by atoms with E-state index in [1.165, 1.54) is 0 Å². The van der Waals surface area contributed by atoms with Crippen molar-refractivity contribution in [3.8, 4) is 0 Å². The number of alkyl halides is 1. The Labute approximate surface area is 149 Å². The van der Waals surface area contributed by atoms with Crippen molar-refractivity contribution in [2.45, 2.75) is 50.4 Å². The molecule has 0 amide bonds. The van der Waals surface area contributed by atoms with Crippen LogP contribution in [-0.4, -0.2) is 42.4 Å². The van der Waals surface area contributed by atoms with Gasteiger partial charge in [0, 0.05) is 43.9 Å². The lowest BCUT2D eigenvalue weighted by Crippen LogP contribution is -2.37. The van der Waals surface area contributed by atoms with Crippen LogP contribution in [0.3, 0.4) is 0 Å². The largest absolute Gasteiger partial charge is 0.377 e. The van der Waals surface area contributed by atoms with Gasteiger partial charge in [-0.3, -0.25) is 0 Å². The van der Waals surface area contributed by atoms with Gasteiger partial charge >= 0.3 is 0 Å². The number of halogens is 3. The van der Waals surface area contributed by atoms with Crippen LogP contribution >= 0.6 is 24.8 Å². The number of ether oxygens (including phenoxy) is 1. The molecule has 1 aliphatic carbocycles. The summed E-state index contributed by atoms with van der Waals surface area (Å²) in [4.78, 5) is 11.3. The predicted octanol–water partition coefficient (Wildman–Crippen LogP) is 2.61. The van der Waals surface area contributed by atoms with E-state index in [0.717, 1.165) is 24.4 Å². The third-order valence-corrected chi connectivity index (χ3v) is 4.39. The van der Waals surface area contributed by atoms with Gasteiger partial charge in [-0.15, -0.1) is 24.8 Å². The summed E-state index contributed by atoms with van der Waals surface area (Å²) in [5, 5.41) is 0. The molecule has 23 heavy (non-hydrogen) atoms. The fourth-order valence-corrected chi connectivity index (χ4v) is 3.05. The lowest BCUT2D eigenvalue weighted by Gasteiger charge is -2.34. The molecule has 3 rings (SSSR count). The summed E-state index contributed by atoms with van der Waals surface area (Å²) >= 11 is 0. The Kier molecular flexibility index (Phi) is 7.94. The standard InChI is InChI=1S/C15H23FN4O.2ClH/c1-21-9-14-18-13(10-6-12(17)7-10)8-15(19-14)20-4-2-11(16)3-5-20;;/h8,10-12H,2-7,9,17H2,1H3;2*1H. The maximum absolute atomic E-state index is 13.3. The zero-order chi connectivity index (χ0) is 14.8. The lowest BCUT2D eigenvalue weighted by molar-refractivity contribution is 0.177. The van der Waals surface area contributed by atoms with Crippen molar-refractivity contribution in [3.63, 3.8) is 0 Å². The van der Waals surface area contributed by atoms with E-state index in [9.17, 15) is 4.39 Å². The van der Waals surface area contributed by atoms with Crippen molar-refractivity contribution in [2.75, 3.05) is 25.1 Å². The van der Waals surface area contributed by atoms with Gasteiger partial charge in [-0.1, -0.05) is 0 Å². The summed E-state index contributed by atoms with van der Waals surface area (Å²) in [6.07, 6.45) is 2.44. The van der Waals surface area contributed by atoms with Gasteiger partial charge in [0.25, 0.3) is 0 Å². The maximum atomic E-state index is 13.3. The van der Waals surface area contributed by atoms with Crippen LogP contribution < -0.4 is 10.6 Å². The minimum absolute atomic E-state index is 0. The summed E-state index contributed by atoms with van der Waals surface area (Å²) in [7, 11) is 1.64. The van der Waals surface area contributed by atoms with Gasteiger partial charge in [0.15, 0.2) is 5.82 Å². The number of aromatic nitrogens is 2. The zero-order valence-corrected chi connectivity index (χ0v) is 14.9. The fraction of sp³-hybridized carbons (Fsp3) is 0.733. The van der Waals surface area contributed by atoms with Crippen LogP contribution in [0.25, 0.3) is 0 Å². The second kappa shape index (κ2) is 8.97. The van der Waals surface area contributed by atoms with Crippen molar-refractivity contribution in [2.24, 2.45) is 5.73 Å². The highest BCUT2D eigenvalue weighted by Crippen LogP contribution is 2.36. The van der Waals surface area contributed by atoms with Crippen LogP contribution in [-0.2, 0) is 11.3 Å². The highest BCUT2D eigenvalue weighted by molar-refractivity contribution is 5.85. The molecule has 1 saturated carbocycles. The van der Waals surface area contributed by atoms with Gasteiger partial charge < -0.3 is 15.4 Å². The minimum atomic E-state index is -0.675. The van der Waals surface area contributed by atoms with E-state index in [2.05, 4.69) is 14.9 Å². The van der Waals surface area contributed by atoms with Gasteiger partial charge in [0.2, 0.25) is 0 Å². The number of nitrogens with zero attached hydrogens (tertiary/aromatic N) is 3. The first kappa shape index (κ1) is 20.4. The van der Waals surface area contributed by atoms with E-state index in [-0.39, 0.29) is 24.8 Å². The third-order valence-electron chi connectivity index (χ3n) is 4.39. The van der Waals surface area contributed by atoms with Gasteiger partial charge in [0.05, 0.1) is 0 Å². The molecule has 0 aromatic carbocycles. The maximum Gasteiger partial charge on any atom is 0.156 e. The normalized spacial score (nSPS) is 24.4. The monoisotopic (exact) mass is 366 g/mol. The first-order valence-corrected chi connectivity index (χ1v) is 7.67. The molecule has 2 aliphatic rings. The molecule has 2 N–H and O–H groups in total. The molecular formula is C15H25Cl2FN4O. The van der Waals surface area contributed by atoms with Crippen LogP contribution in [0, 0.1) is 0 Å². The summed E-state index contributed by atoms with van der Waals surface area (Å²) in [6, 6.07) is 2.34. The molecule has 132 valence electrons. The van der Waals surface area contributed by atoms with Crippen molar-refractivity contribution in [1.29, 1.82) is 0 Å². The fourth-order valence-electron chi connectivity index (χ4n) is 3.05. The Morgan fingerprint density at radius 3 is 2.48 bits per heavy atom. The number of hydrogen-bond donors (Lipinski definition) is 1. The van der Waals surface area contributed by atoms with Gasteiger partial charge in [-0.2, -0.15) is 0 Å². The second-order valence-corrected chi connectivity index (χ2v) is 6.09. The van der Waals surface area contributed by atoms with Crippen molar-refractivity contribution in [1.82, 2.24) is 9.97 Å². The summed E-state index contributed by atoms with van der Waals surface area (Å²) in [5.74, 6) is 2.03. The summed E-state index contributed by atoms with van der Waals surface area (Å²) in [5.41, 5.74) is 6.93. The SMILES string of the molecule is COCc1nc(C2CC(N)C2)cc(N2CCC(F)CC2)n1.Cl.Cl. The molecule has 0 bridgehead atoms. The highest BCUT2D eigenvalue weighted by Gasteiger charge is 2.30. The molecule has 0 spiro atoms.